The van der Waals surface area contributed by atoms with Gasteiger partial charge in [0.15, 0.2) is 0 Å². The van der Waals surface area contributed by atoms with Gasteiger partial charge in [-0.1, -0.05) is 12.1 Å². The molecule has 1 amide bonds. The van der Waals surface area contributed by atoms with E-state index in [2.05, 4.69) is 21.2 Å². The van der Waals surface area contributed by atoms with Crippen molar-refractivity contribution in [1.29, 1.82) is 0 Å². The van der Waals surface area contributed by atoms with E-state index in [4.69, 9.17) is 0 Å². The summed E-state index contributed by atoms with van der Waals surface area (Å²) in [6.07, 6.45) is 0. The van der Waals surface area contributed by atoms with E-state index in [-0.39, 0.29) is 5.91 Å². The molecule has 2 rings (SSSR count). The van der Waals surface area contributed by atoms with Crippen LogP contribution in [0.2, 0.25) is 0 Å². The Morgan fingerprint density at radius 3 is 3.00 bits per heavy atom. The molecule has 0 bridgehead atoms. The highest BCUT2D eigenvalue weighted by Crippen LogP contribution is 2.27. The molecule has 1 aliphatic rings. The van der Waals surface area contributed by atoms with Crippen LogP contribution in [0.5, 0.6) is 0 Å². The SMILES string of the molecule is Cc1ccc2c(c1Br)C(=O)NC2. The van der Waals surface area contributed by atoms with Crippen molar-refractivity contribution >= 4 is 21.8 Å². The number of hydrogen-bond donors (Lipinski definition) is 1. The number of amides is 1. The van der Waals surface area contributed by atoms with Gasteiger partial charge in [-0.3, -0.25) is 4.79 Å². The lowest BCUT2D eigenvalue weighted by molar-refractivity contribution is 0.0965. The molecule has 1 heterocycles. The van der Waals surface area contributed by atoms with E-state index in [1.807, 2.05) is 19.1 Å². The van der Waals surface area contributed by atoms with Crippen LogP contribution >= 0.6 is 15.9 Å². The number of nitrogens with one attached hydrogen (secondary N) is 1. The molecule has 0 atom stereocenters. The standard InChI is InChI=1S/C9H8BrNO/c1-5-2-3-6-4-11-9(12)7(6)8(5)10/h2-3H,4H2,1H3,(H,11,12). The van der Waals surface area contributed by atoms with Crippen LogP contribution in [0.1, 0.15) is 21.5 Å². The average molecular weight is 226 g/mol. The van der Waals surface area contributed by atoms with E-state index in [1.54, 1.807) is 0 Å². The van der Waals surface area contributed by atoms with E-state index >= 15 is 0 Å². The smallest absolute Gasteiger partial charge is 0.253 e. The summed E-state index contributed by atoms with van der Waals surface area (Å²) in [7, 11) is 0. The number of rotatable bonds is 0. The van der Waals surface area contributed by atoms with Gasteiger partial charge in [0.05, 0.1) is 5.56 Å². The fourth-order valence-electron chi connectivity index (χ4n) is 1.38. The largest absolute Gasteiger partial charge is 0.348 e. The monoisotopic (exact) mass is 225 g/mol. The summed E-state index contributed by atoms with van der Waals surface area (Å²) in [5, 5.41) is 2.78. The molecule has 1 aromatic carbocycles. The van der Waals surface area contributed by atoms with Crippen LogP contribution < -0.4 is 5.32 Å². The van der Waals surface area contributed by atoms with Gasteiger partial charge in [-0.05, 0) is 34.0 Å². The van der Waals surface area contributed by atoms with Crippen molar-refractivity contribution in [2.24, 2.45) is 0 Å². The first-order valence-electron chi connectivity index (χ1n) is 3.76. The first-order valence-corrected chi connectivity index (χ1v) is 4.55. The molecule has 0 aliphatic carbocycles. The number of carbonyl (C=O) groups is 1. The number of benzene rings is 1. The van der Waals surface area contributed by atoms with E-state index in [1.165, 1.54) is 0 Å². The van der Waals surface area contributed by atoms with Crippen LogP contribution in [0.4, 0.5) is 0 Å². The molecule has 0 aromatic heterocycles. The maximum atomic E-state index is 11.3. The number of fused-ring (bicyclic) bond motifs is 1. The summed E-state index contributed by atoms with van der Waals surface area (Å²) in [5.41, 5.74) is 2.98. The lowest BCUT2D eigenvalue weighted by Crippen LogP contribution is -2.12. The first-order chi connectivity index (χ1) is 5.70. The minimum atomic E-state index is 0.0283. The molecule has 0 saturated carbocycles. The minimum Gasteiger partial charge on any atom is -0.348 e. The summed E-state index contributed by atoms with van der Waals surface area (Å²) in [4.78, 5) is 11.3. The zero-order chi connectivity index (χ0) is 8.72. The zero-order valence-corrected chi connectivity index (χ0v) is 8.23. The van der Waals surface area contributed by atoms with Crippen molar-refractivity contribution in [2.75, 3.05) is 0 Å². The molecule has 12 heavy (non-hydrogen) atoms. The predicted molar refractivity (Wildman–Crippen MR) is 50.0 cm³/mol. The average Bonchev–Trinajstić information content (AvgIpc) is 2.41. The third-order valence-corrected chi connectivity index (χ3v) is 3.11. The zero-order valence-electron chi connectivity index (χ0n) is 6.65. The van der Waals surface area contributed by atoms with E-state index in [0.29, 0.717) is 6.54 Å². The Bertz CT molecular complexity index is 360. The normalized spacial score (nSPS) is 14.3. The molecule has 3 heteroatoms. The third-order valence-electron chi connectivity index (χ3n) is 2.09. The molecule has 2 nitrogen and oxygen atoms in total. The number of hydrogen-bond acceptors (Lipinski definition) is 1. The Balaban J connectivity index is 2.71. The van der Waals surface area contributed by atoms with Crippen molar-refractivity contribution in [2.45, 2.75) is 13.5 Å². The number of aryl methyl sites for hydroxylation is 1. The Morgan fingerprint density at radius 2 is 2.25 bits per heavy atom. The van der Waals surface area contributed by atoms with Gasteiger partial charge in [0.1, 0.15) is 0 Å². The molecule has 1 N–H and O–H groups in total. The number of halogens is 1. The molecular weight excluding hydrogens is 218 g/mol. The maximum absolute atomic E-state index is 11.3. The second kappa shape index (κ2) is 2.59. The Hall–Kier alpha value is -0.830. The van der Waals surface area contributed by atoms with Gasteiger partial charge < -0.3 is 5.32 Å². The molecule has 0 unspecified atom stereocenters. The lowest BCUT2D eigenvalue weighted by atomic mass is 10.1. The topological polar surface area (TPSA) is 29.1 Å². The Kier molecular flexibility index (Phi) is 1.68. The van der Waals surface area contributed by atoms with Crippen LogP contribution in [-0.4, -0.2) is 5.91 Å². The predicted octanol–water partition coefficient (Wildman–Crippen LogP) is 2.00. The van der Waals surface area contributed by atoms with Gasteiger partial charge in [-0.2, -0.15) is 0 Å². The summed E-state index contributed by atoms with van der Waals surface area (Å²) in [6.45, 7) is 2.64. The van der Waals surface area contributed by atoms with Crippen molar-refractivity contribution in [3.8, 4) is 0 Å². The fraction of sp³-hybridized carbons (Fsp3) is 0.222. The van der Waals surface area contributed by atoms with Crippen LogP contribution in [0, 0.1) is 6.92 Å². The van der Waals surface area contributed by atoms with Crippen molar-refractivity contribution in [3.05, 3.63) is 33.3 Å². The van der Waals surface area contributed by atoms with Crippen LogP contribution in [0.25, 0.3) is 0 Å². The van der Waals surface area contributed by atoms with Gasteiger partial charge in [0, 0.05) is 11.0 Å². The molecule has 0 spiro atoms. The first kappa shape index (κ1) is 7.80. The highest BCUT2D eigenvalue weighted by atomic mass is 79.9. The van der Waals surface area contributed by atoms with Crippen LogP contribution in [0.3, 0.4) is 0 Å². The quantitative estimate of drug-likeness (QED) is 0.720. The summed E-state index contributed by atoms with van der Waals surface area (Å²) in [6, 6.07) is 4.01. The van der Waals surface area contributed by atoms with Crippen LogP contribution in [-0.2, 0) is 6.54 Å². The van der Waals surface area contributed by atoms with Crippen LogP contribution in [0.15, 0.2) is 16.6 Å². The number of carbonyl (C=O) groups excluding carboxylic acids is 1. The third kappa shape index (κ3) is 0.966. The Morgan fingerprint density at radius 1 is 1.50 bits per heavy atom. The molecule has 1 aromatic rings. The fourth-order valence-corrected chi connectivity index (χ4v) is 1.94. The Labute approximate surface area is 79.1 Å². The van der Waals surface area contributed by atoms with E-state index in [0.717, 1.165) is 21.2 Å². The highest BCUT2D eigenvalue weighted by molar-refractivity contribution is 9.10. The summed E-state index contributed by atoms with van der Waals surface area (Å²) in [5.74, 6) is 0.0283. The molecule has 1 aliphatic heterocycles. The second-order valence-electron chi connectivity index (χ2n) is 2.91. The molecule has 62 valence electrons. The van der Waals surface area contributed by atoms with Gasteiger partial charge in [0.25, 0.3) is 5.91 Å². The van der Waals surface area contributed by atoms with Gasteiger partial charge in [-0.25, -0.2) is 0 Å². The molecule has 0 fully saturated rings. The van der Waals surface area contributed by atoms with Crippen molar-refractivity contribution in [1.82, 2.24) is 5.32 Å². The minimum absolute atomic E-state index is 0.0283. The lowest BCUT2D eigenvalue weighted by Gasteiger charge is -2.01. The van der Waals surface area contributed by atoms with Crippen molar-refractivity contribution < 1.29 is 4.79 Å². The summed E-state index contributed by atoms with van der Waals surface area (Å²) < 4.78 is 0.926. The second-order valence-corrected chi connectivity index (χ2v) is 3.71. The molecule has 0 radical (unpaired) electrons. The highest BCUT2D eigenvalue weighted by Gasteiger charge is 2.21. The van der Waals surface area contributed by atoms with Gasteiger partial charge >= 0.3 is 0 Å². The van der Waals surface area contributed by atoms with Gasteiger partial charge in [0.2, 0.25) is 0 Å². The maximum Gasteiger partial charge on any atom is 0.253 e. The van der Waals surface area contributed by atoms with E-state index < -0.39 is 0 Å². The molecular formula is C9H8BrNO. The van der Waals surface area contributed by atoms with Gasteiger partial charge in [-0.15, -0.1) is 0 Å². The molecule has 0 saturated heterocycles. The van der Waals surface area contributed by atoms with E-state index in [9.17, 15) is 4.79 Å². The summed E-state index contributed by atoms with van der Waals surface area (Å²) >= 11 is 3.41. The van der Waals surface area contributed by atoms with Crippen molar-refractivity contribution in [3.63, 3.8) is 0 Å².